The molecule has 0 saturated carbocycles. The van der Waals surface area contributed by atoms with Crippen LogP contribution in [0.25, 0.3) is 0 Å². The molecule has 8 nitrogen and oxygen atoms in total. The first kappa shape index (κ1) is 59.9. The van der Waals surface area contributed by atoms with E-state index >= 15 is 0 Å². The minimum absolute atomic E-state index is 0.0809. The average Bonchev–Trinajstić information content (AvgIpc) is 3.26. The molecule has 5 N–H and O–H groups in total. The fraction of sp³-hybridized carbons (Fsp3) is 0.755. The Morgan fingerprint density at radius 1 is 0.548 bits per heavy atom. The van der Waals surface area contributed by atoms with Crippen molar-refractivity contribution in [3.05, 3.63) is 72.9 Å². The van der Waals surface area contributed by atoms with Gasteiger partial charge in [0.1, 0.15) is 0 Å². The van der Waals surface area contributed by atoms with Gasteiger partial charge in [0.2, 0.25) is 5.91 Å². The molecule has 0 heterocycles. The minimum atomic E-state index is -4.33. The van der Waals surface area contributed by atoms with Crippen LogP contribution in [-0.4, -0.2) is 47.8 Å². The smallest absolute Gasteiger partial charge is 0.391 e. The van der Waals surface area contributed by atoms with Gasteiger partial charge in [-0.2, -0.15) is 0 Å². The summed E-state index contributed by atoms with van der Waals surface area (Å²) in [6.07, 6.45) is 63.5. The molecule has 0 rings (SSSR count). The largest absolute Gasteiger partial charge is 0.472 e. The van der Waals surface area contributed by atoms with Crippen LogP contribution >= 0.6 is 7.82 Å². The number of hydrogen-bond donors (Lipinski definition) is 4. The van der Waals surface area contributed by atoms with Crippen LogP contribution < -0.4 is 11.1 Å². The first-order chi connectivity index (χ1) is 30.4. The number of nitrogens with two attached hydrogens (primary N) is 1. The average molecular weight is 889 g/mol. The van der Waals surface area contributed by atoms with Crippen LogP contribution in [0.5, 0.6) is 0 Å². The van der Waals surface area contributed by atoms with Gasteiger partial charge in [-0.25, -0.2) is 4.57 Å². The van der Waals surface area contributed by atoms with Gasteiger partial charge in [-0.3, -0.25) is 13.8 Å². The lowest BCUT2D eigenvalue weighted by Gasteiger charge is -2.25. The third-order valence-electron chi connectivity index (χ3n) is 11.1. The number of aliphatic hydroxyl groups is 1. The zero-order valence-corrected chi connectivity index (χ0v) is 41.0. The SMILES string of the molecule is CC/C=C\C/C=C\C/C=C\C/C=C\C/C=C\C/C=C\CCCCCCC(=O)NC(COP(=O)(O)OCCN)C(O)CCCCCCCCCCCCCCCCCCCCCC. The van der Waals surface area contributed by atoms with Gasteiger partial charge in [-0.15, -0.1) is 0 Å². The highest BCUT2D eigenvalue weighted by Crippen LogP contribution is 2.43. The topological polar surface area (TPSA) is 131 Å². The van der Waals surface area contributed by atoms with E-state index in [0.717, 1.165) is 89.9 Å². The van der Waals surface area contributed by atoms with Crippen molar-refractivity contribution < 1.29 is 28.4 Å². The highest BCUT2D eigenvalue weighted by atomic mass is 31.2. The number of allylic oxidation sites excluding steroid dienone is 12. The van der Waals surface area contributed by atoms with Crippen molar-refractivity contribution in [3.8, 4) is 0 Å². The van der Waals surface area contributed by atoms with Gasteiger partial charge in [0.25, 0.3) is 0 Å². The van der Waals surface area contributed by atoms with Crippen LogP contribution in [0.3, 0.4) is 0 Å². The van der Waals surface area contributed by atoms with E-state index in [-0.39, 0.29) is 25.7 Å². The van der Waals surface area contributed by atoms with Crippen molar-refractivity contribution in [2.45, 2.75) is 238 Å². The number of aliphatic hydroxyl groups excluding tert-OH is 1. The molecule has 360 valence electrons. The standard InChI is InChI=1S/C53H97N2O6P/c1-3-5-7-9-11-13-15-17-19-21-23-25-26-27-29-31-33-35-37-39-41-43-45-47-53(57)55-51(50-61-62(58,59)60-49-48-54)52(56)46-44-42-40-38-36-34-32-30-28-24-22-20-18-16-14-12-10-8-6-4-2/h5,7,11,13,17,19,23,25,27,29,33,35,51-52,56H,3-4,6,8-10,12,14-16,18,20-22,24,26,28,30-32,34,36-50,54H2,1-2H3,(H,55,57)(H,58,59)/b7-5-,13-11-,19-17-,25-23-,29-27-,35-33-. The quantitative estimate of drug-likeness (QED) is 0.0272. The lowest BCUT2D eigenvalue weighted by atomic mass is 10.0. The Morgan fingerprint density at radius 3 is 1.37 bits per heavy atom. The summed E-state index contributed by atoms with van der Waals surface area (Å²) < 4.78 is 22.3. The summed E-state index contributed by atoms with van der Waals surface area (Å²) in [5, 5.41) is 13.9. The third-order valence-corrected chi connectivity index (χ3v) is 12.1. The molecule has 3 unspecified atom stereocenters. The molecule has 0 aromatic heterocycles. The monoisotopic (exact) mass is 889 g/mol. The lowest BCUT2D eigenvalue weighted by molar-refractivity contribution is -0.123. The molecule has 9 heteroatoms. The van der Waals surface area contributed by atoms with Gasteiger partial charge in [-0.1, -0.05) is 228 Å². The second-order valence-electron chi connectivity index (χ2n) is 17.0. The number of nitrogens with one attached hydrogen (secondary N) is 1. The van der Waals surface area contributed by atoms with E-state index in [9.17, 15) is 19.4 Å². The first-order valence-corrected chi connectivity index (χ1v) is 27.0. The molecule has 0 aromatic rings. The molecule has 0 aliphatic heterocycles. The Kier molecular flexibility index (Phi) is 46.8. The number of carbonyl (C=O) groups excluding carboxylic acids is 1. The zero-order chi connectivity index (χ0) is 45.3. The molecule has 1 amide bonds. The van der Waals surface area contributed by atoms with E-state index in [1.807, 2.05) is 0 Å². The summed E-state index contributed by atoms with van der Waals surface area (Å²) >= 11 is 0. The van der Waals surface area contributed by atoms with E-state index in [2.05, 4.69) is 92.1 Å². The summed E-state index contributed by atoms with van der Waals surface area (Å²) in [5.74, 6) is -0.186. The molecule has 62 heavy (non-hydrogen) atoms. The van der Waals surface area contributed by atoms with Crippen molar-refractivity contribution in [2.24, 2.45) is 5.73 Å². The molecular formula is C53H97N2O6P. The second-order valence-corrected chi connectivity index (χ2v) is 18.5. The summed E-state index contributed by atoms with van der Waals surface area (Å²) in [4.78, 5) is 22.8. The summed E-state index contributed by atoms with van der Waals surface area (Å²) in [5.41, 5.74) is 5.40. The number of phosphoric ester groups is 1. The second kappa shape index (κ2) is 48.4. The third kappa shape index (κ3) is 45.9. The number of amides is 1. The van der Waals surface area contributed by atoms with Gasteiger partial charge < -0.3 is 21.1 Å². The Morgan fingerprint density at radius 2 is 0.935 bits per heavy atom. The molecule has 0 aliphatic rings. The summed E-state index contributed by atoms with van der Waals surface area (Å²) in [6, 6.07) is -0.794. The Balaban J connectivity index is 4.14. The number of carbonyl (C=O) groups is 1. The van der Waals surface area contributed by atoms with Crippen LogP contribution in [0, 0.1) is 0 Å². The van der Waals surface area contributed by atoms with Crippen LogP contribution in [-0.2, 0) is 18.4 Å². The van der Waals surface area contributed by atoms with Crippen molar-refractivity contribution in [1.29, 1.82) is 0 Å². The summed E-state index contributed by atoms with van der Waals surface area (Å²) in [7, 11) is -4.33. The fourth-order valence-corrected chi connectivity index (χ4v) is 8.02. The maximum absolute atomic E-state index is 12.8. The van der Waals surface area contributed by atoms with Gasteiger partial charge in [0.05, 0.1) is 25.4 Å². The minimum Gasteiger partial charge on any atom is -0.391 e. The van der Waals surface area contributed by atoms with Crippen LogP contribution in [0.2, 0.25) is 0 Å². The molecular weight excluding hydrogens is 792 g/mol. The van der Waals surface area contributed by atoms with Crippen molar-refractivity contribution in [1.82, 2.24) is 5.32 Å². The van der Waals surface area contributed by atoms with Crippen LogP contribution in [0.4, 0.5) is 0 Å². The predicted octanol–water partition coefficient (Wildman–Crippen LogP) is 15.2. The Hall–Kier alpha value is -2.06. The van der Waals surface area contributed by atoms with Gasteiger partial charge >= 0.3 is 7.82 Å². The van der Waals surface area contributed by atoms with Crippen molar-refractivity contribution >= 4 is 13.7 Å². The lowest BCUT2D eigenvalue weighted by Crippen LogP contribution is -2.46. The molecule has 0 saturated heterocycles. The zero-order valence-electron chi connectivity index (χ0n) is 40.1. The van der Waals surface area contributed by atoms with Crippen LogP contribution in [0.1, 0.15) is 226 Å². The maximum Gasteiger partial charge on any atom is 0.472 e. The molecule has 0 aromatic carbocycles. The van der Waals surface area contributed by atoms with E-state index in [4.69, 9.17) is 14.8 Å². The van der Waals surface area contributed by atoms with Crippen LogP contribution in [0.15, 0.2) is 72.9 Å². The van der Waals surface area contributed by atoms with Crippen molar-refractivity contribution in [2.75, 3.05) is 19.8 Å². The Bertz CT molecular complexity index is 1200. The number of rotatable bonds is 47. The van der Waals surface area contributed by atoms with Gasteiger partial charge in [0.15, 0.2) is 0 Å². The number of phosphoric acid groups is 1. The normalized spacial score (nSPS) is 14.5. The molecule has 0 aliphatic carbocycles. The van der Waals surface area contributed by atoms with Crippen molar-refractivity contribution in [3.63, 3.8) is 0 Å². The molecule has 0 spiro atoms. The molecule has 0 bridgehead atoms. The van der Waals surface area contributed by atoms with E-state index in [1.54, 1.807) is 0 Å². The first-order valence-electron chi connectivity index (χ1n) is 25.6. The maximum atomic E-state index is 12.8. The van der Waals surface area contributed by atoms with Gasteiger partial charge in [-0.05, 0) is 64.2 Å². The Labute approximate surface area is 382 Å². The molecule has 0 radical (unpaired) electrons. The molecule has 0 fully saturated rings. The molecule has 3 atom stereocenters. The fourth-order valence-electron chi connectivity index (χ4n) is 7.26. The number of hydrogen-bond acceptors (Lipinski definition) is 6. The highest BCUT2D eigenvalue weighted by molar-refractivity contribution is 7.47. The van der Waals surface area contributed by atoms with Gasteiger partial charge in [0, 0.05) is 13.0 Å². The van der Waals surface area contributed by atoms with E-state index in [1.165, 1.54) is 109 Å². The highest BCUT2D eigenvalue weighted by Gasteiger charge is 2.27. The number of unbranched alkanes of at least 4 members (excludes halogenated alkanes) is 23. The van der Waals surface area contributed by atoms with E-state index < -0.39 is 20.0 Å². The predicted molar refractivity (Wildman–Crippen MR) is 267 cm³/mol. The summed E-state index contributed by atoms with van der Waals surface area (Å²) in [6.45, 7) is 4.09. The van der Waals surface area contributed by atoms with E-state index in [0.29, 0.717) is 12.8 Å².